The molecule has 0 radical (unpaired) electrons. The third-order valence-corrected chi connectivity index (χ3v) is 4.36. The molecule has 0 bridgehead atoms. The monoisotopic (exact) mass is 319 g/mol. The van der Waals surface area contributed by atoms with Gasteiger partial charge in [-0.3, -0.25) is 4.99 Å². The Hall–Kier alpha value is -1.95. The van der Waals surface area contributed by atoms with Crippen LogP contribution in [-0.2, 0) is 10.2 Å². The van der Waals surface area contributed by atoms with Gasteiger partial charge < -0.3 is 24.8 Å². The third kappa shape index (κ3) is 3.52. The van der Waals surface area contributed by atoms with Crippen LogP contribution in [0.2, 0.25) is 0 Å². The summed E-state index contributed by atoms with van der Waals surface area (Å²) in [7, 11) is 0. The van der Waals surface area contributed by atoms with Crippen LogP contribution in [0.1, 0.15) is 26.3 Å². The molecule has 2 N–H and O–H groups in total. The zero-order valence-corrected chi connectivity index (χ0v) is 14.0. The summed E-state index contributed by atoms with van der Waals surface area (Å²) in [5.74, 6) is 2.19. The molecule has 2 aliphatic rings. The first kappa shape index (κ1) is 15.9. The average molecular weight is 319 g/mol. The number of nitrogens with zero attached hydrogens (tertiary/aromatic N) is 2. The van der Waals surface area contributed by atoms with Gasteiger partial charge in [0.25, 0.3) is 0 Å². The van der Waals surface area contributed by atoms with Crippen molar-refractivity contribution in [2.75, 3.05) is 33.0 Å². The molecule has 0 spiro atoms. The zero-order chi connectivity index (χ0) is 16.4. The predicted molar refractivity (Wildman–Crippen MR) is 89.1 cm³/mol. The number of morpholine rings is 1. The third-order valence-electron chi connectivity index (χ3n) is 4.36. The van der Waals surface area contributed by atoms with Gasteiger partial charge in [0.05, 0.1) is 19.3 Å². The minimum absolute atomic E-state index is 0.135. The number of hydrogen-bond donors (Lipinski definition) is 1. The van der Waals surface area contributed by atoms with E-state index >= 15 is 0 Å². The second kappa shape index (κ2) is 6.28. The lowest BCUT2D eigenvalue weighted by Crippen LogP contribution is -2.48. The van der Waals surface area contributed by atoms with Gasteiger partial charge in [0.2, 0.25) is 6.79 Å². The highest BCUT2D eigenvalue weighted by atomic mass is 16.7. The number of guanidine groups is 1. The van der Waals surface area contributed by atoms with Crippen molar-refractivity contribution in [3.63, 3.8) is 0 Å². The molecule has 1 aromatic rings. The molecule has 2 aliphatic heterocycles. The van der Waals surface area contributed by atoms with Crippen molar-refractivity contribution in [1.82, 2.24) is 4.90 Å². The molecule has 23 heavy (non-hydrogen) atoms. The SMILES string of the molecule is CC1CN(C(N)=NCC(C)(C)c2ccc3c(c2)OCO3)CCO1. The van der Waals surface area contributed by atoms with E-state index in [2.05, 4.69) is 36.7 Å². The zero-order valence-electron chi connectivity index (χ0n) is 14.0. The smallest absolute Gasteiger partial charge is 0.231 e. The standard InChI is InChI=1S/C17H25N3O3/c1-12-9-20(6-7-21-12)16(18)19-10-17(2,3)13-4-5-14-15(8-13)23-11-22-14/h4-5,8,12H,6-7,9-11H2,1-3H3,(H2,18,19). The van der Waals surface area contributed by atoms with Crippen molar-refractivity contribution in [3.05, 3.63) is 23.8 Å². The highest BCUT2D eigenvalue weighted by Gasteiger charge is 2.25. The first-order valence-electron chi connectivity index (χ1n) is 8.02. The predicted octanol–water partition coefficient (Wildman–Crippen LogP) is 1.73. The van der Waals surface area contributed by atoms with Crippen LogP contribution in [0.15, 0.2) is 23.2 Å². The van der Waals surface area contributed by atoms with Gasteiger partial charge in [0.15, 0.2) is 17.5 Å². The minimum Gasteiger partial charge on any atom is -0.454 e. The Balaban J connectivity index is 1.69. The molecule has 2 heterocycles. The van der Waals surface area contributed by atoms with Crippen LogP contribution < -0.4 is 15.2 Å². The molecular formula is C17H25N3O3. The van der Waals surface area contributed by atoms with Gasteiger partial charge in [0, 0.05) is 18.5 Å². The van der Waals surface area contributed by atoms with E-state index in [0.717, 1.165) is 30.2 Å². The molecule has 0 aromatic heterocycles. The number of aliphatic imine (C=N–C) groups is 1. The van der Waals surface area contributed by atoms with Crippen molar-refractivity contribution in [1.29, 1.82) is 0 Å². The van der Waals surface area contributed by atoms with Crippen molar-refractivity contribution >= 4 is 5.96 Å². The first-order valence-corrected chi connectivity index (χ1v) is 8.02. The molecule has 1 saturated heterocycles. The molecule has 1 atom stereocenters. The number of rotatable bonds is 3. The Morgan fingerprint density at radius 3 is 2.91 bits per heavy atom. The molecule has 126 valence electrons. The number of ether oxygens (including phenoxy) is 3. The van der Waals surface area contributed by atoms with Crippen molar-refractivity contribution in [3.8, 4) is 11.5 Å². The van der Waals surface area contributed by atoms with Crippen LogP contribution in [0.5, 0.6) is 11.5 Å². The highest BCUT2D eigenvalue weighted by molar-refractivity contribution is 5.78. The lowest BCUT2D eigenvalue weighted by Gasteiger charge is -2.32. The molecule has 3 rings (SSSR count). The van der Waals surface area contributed by atoms with Crippen molar-refractivity contribution in [2.45, 2.75) is 32.3 Å². The Labute approximate surface area is 137 Å². The summed E-state index contributed by atoms with van der Waals surface area (Å²) < 4.78 is 16.4. The molecule has 1 unspecified atom stereocenters. The minimum atomic E-state index is -0.135. The fraction of sp³-hybridized carbons (Fsp3) is 0.588. The molecule has 1 aromatic carbocycles. The summed E-state index contributed by atoms with van der Waals surface area (Å²) in [6.45, 7) is 9.55. The number of nitrogens with two attached hydrogens (primary N) is 1. The Kier molecular flexibility index (Phi) is 4.35. The quantitative estimate of drug-likeness (QED) is 0.679. The Bertz CT molecular complexity index is 601. The average Bonchev–Trinajstić information content (AvgIpc) is 3.00. The second-order valence-corrected chi connectivity index (χ2v) is 6.75. The summed E-state index contributed by atoms with van der Waals surface area (Å²) in [5, 5.41) is 0. The fourth-order valence-corrected chi connectivity index (χ4v) is 2.81. The van der Waals surface area contributed by atoms with E-state index in [0.29, 0.717) is 25.9 Å². The van der Waals surface area contributed by atoms with Gasteiger partial charge in [-0.2, -0.15) is 0 Å². The fourth-order valence-electron chi connectivity index (χ4n) is 2.81. The van der Waals surface area contributed by atoms with Crippen molar-refractivity contribution < 1.29 is 14.2 Å². The maximum Gasteiger partial charge on any atom is 0.231 e. The number of fused-ring (bicyclic) bond motifs is 1. The van der Waals surface area contributed by atoms with E-state index < -0.39 is 0 Å². The number of hydrogen-bond acceptors (Lipinski definition) is 4. The second-order valence-electron chi connectivity index (χ2n) is 6.75. The summed E-state index contributed by atoms with van der Waals surface area (Å²) >= 11 is 0. The van der Waals surface area contributed by atoms with Crippen LogP contribution in [0.3, 0.4) is 0 Å². The summed E-state index contributed by atoms with van der Waals surface area (Å²) in [6, 6.07) is 6.05. The van der Waals surface area contributed by atoms with Gasteiger partial charge in [0.1, 0.15) is 0 Å². The Morgan fingerprint density at radius 1 is 1.35 bits per heavy atom. The maximum atomic E-state index is 6.16. The van der Waals surface area contributed by atoms with E-state index in [1.165, 1.54) is 0 Å². The highest BCUT2D eigenvalue weighted by Crippen LogP contribution is 2.36. The number of benzene rings is 1. The van der Waals surface area contributed by atoms with Gasteiger partial charge in [-0.15, -0.1) is 0 Å². The van der Waals surface area contributed by atoms with Crippen LogP contribution in [0.25, 0.3) is 0 Å². The normalized spacial score (nSPS) is 21.6. The molecule has 6 nitrogen and oxygen atoms in total. The van der Waals surface area contributed by atoms with Crippen LogP contribution in [0.4, 0.5) is 0 Å². The molecule has 0 amide bonds. The van der Waals surface area contributed by atoms with Gasteiger partial charge in [-0.25, -0.2) is 0 Å². The summed E-state index contributed by atoms with van der Waals surface area (Å²) in [6.07, 6.45) is 0.194. The lowest BCUT2D eigenvalue weighted by atomic mass is 9.84. The molecular weight excluding hydrogens is 294 g/mol. The maximum absolute atomic E-state index is 6.16. The van der Waals surface area contributed by atoms with E-state index in [9.17, 15) is 0 Å². The van der Waals surface area contributed by atoms with Gasteiger partial charge in [-0.1, -0.05) is 19.9 Å². The van der Waals surface area contributed by atoms with Crippen molar-refractivity contribution in [2.24, 2.45) is 10.7 Å². The largest absolute Gasteiger partial charge is 0.454 e. The lowest BCUT2D eigenvalue weighted by molar-refractivity contribution is 0.00527. The van der Waals surface area contributed by atoms with Gasteiger partial charge >= 0.3 is 0 Å². The van der Waals surface area contributed by atoms with Gasteiger partial charge in [-0.05, 0) is 24.6 Å². The molecule has 1 fully saturated rings. The summed E-state index contributed by atoms with van der Waals surface area (Å²) in [5.41, 5.74) is 7.19. The molecule has 6 heteroatoms. The molecule has 0 aliphatic carbocycles. The van der Waals surface area contributed by atoms with E-state index in [-0.39, 0.29) is 11.5 Å². The van der Waals surface area contributed by atoms with E-state index in [1.807, 2.05) is 12.1 Å². The molecule has 0 saturated carbocycles. The van der Waals surface area contributed by atoms with E-state index in [1.54, 1.807) is 0 Å². The summed E-state index contributed by atoms with van der Waals surface area (Å²) in [4.78, 5) is 6.70. The first-order chi connectivity index (χ1) is 11.0. The van der Waals surface area contributed by atoms with Crippen LogP contribution in [0, 0.1) is 0 Å². The van der Waals surface area contributed by atoms with Crippen LogP contribution >= 0.6 is 0 Å². The Morgan fingerprint density at radius 2 is 2.13 bits per heavy atom. The topological polar surface area (TPSA) is 69.3 Å². The van der Waals surface area contributed by atoms with E-state index in [4.69, 9.17) is 19.9 Å². The van der Waals surface area contributed by atoms with Crippen LogP contribution in [-0.4, -0.2) is 50.0 Å².